The Hall–Kier alpha value is -1.99. The zero-order chi connectivity index (χ0) is 18.9. The van der Waals surface area contributed by atoms with Gasteiger partial charge in [0.2, 0.25) is 0 Å². The first-order valence-electron chi connectivity index (χ1n) is 9.24. The van der Waals surface area contributed by atoms with Crippen molar-refractivity contribution in [3.8, 4) is 0 Å². The molecule has 7 heteroatoms. The number of hydrogen-bond donors (Lipinski definition) is 1. The predicted octanol–water partition coefficient (Wildman–Crippen LogP) is 2.32. The highest BCUT2D eigenvalue weighted by molar-refractivity contribution is 6.05. The Morgan fingerprint density at radius 1 is 1.42 bits per heavy atom. The molecule has 142 valence electrons. The smallest absolute Gasteiger partial charge is 0.254 e. The molecular formula is C19H28N4O3. The van der Waals surface area contributed by atoms with Gasteiger partial charge in [0.15, 0.2) is 5.65 Å². The number of nitrogens with zero attached hydrogens (tertiary/aromatic N) is 4. The summed E-state index contributed by atoms with van der Waals surface area (Å²) in [5.41, 5.74) is 1.37. The first kappa shape index (κ1) is 18.8. The fourth-order valence-electron chi connectivity index (χ4n) is 3.53. The van der Waals surface area contributed by atoms with Crippen LogP contribution >= 0.6 is 0 Å². The topological polar surface area (TPSA) is 80.5 Å². The normalized spacial score (nSPS) is 18.3. The van der Waals surface area contributed by atoms with Gasteiger partial charge in [0, 0.05) is 25.9 Å². The molecule has 1 fully saturated rings. The highest BCUT2D eigenvalue weighted by Gasteiger charge is 2.34. The molecule has 0 radical (unpaired) electrons. The van der Waals surface area contributed by atoms with Crippen LogP contribution in [0.3, 0.4) is 0 Å². The SMILES string of the molecule is CCC(C)n1ncc2c(C(=O)N3CCC(O)(COC)CC3)cc(C)nc21. The molecule has 3 heterocycles. The lowest BCUT2D eigenvalue weighted by Crippen LogP contribution is -2.48. The van der Waals surface area contributed by atoms with Crippen LogP contribution in [-0.4, -0.2) is 63.1 Å². The van der Waals surface area contributed by atoms with Gasteiger partial charge in [0.25, 0.3) is 5.91 Å². The van der Waals surface area contributed by atoms with Crippen LogP contribution in [0.1, 0.15) is 55.2 Å². The van der Waals surface area contributed by atoms with Crippen molar-refractivity contribution in [1.29, 1.82) is 0 Å². The first-order chi connectivity index (χ1) is 12.4. The Labute approximate surface area is 154 Å². The van der Waals surface area contributed by atoms with Gasteiger partial charge >= 0.3 is 0 Å². The van der Waals surface area contributed by atoms with Crippen LogP contribution in [0.4, 0.5) is 0 Å². The minimum Gasteiger partial charge on any atom is -0.387 e. The number of ether oxygens (including phenoxy) is 1. The Balaban J connectivity index is 1.89. The van der Waals surface area contributed by atoms with Crippen LogP contribution in [0.2, 0.25) is 0 Å². The number of methoxy groups -OCH3 is 1. The maximum Gasteiger partial charge on any atom is 0.254 e. The minimum atomic E-state index is -0.837. The van der Waals surface area contributed by atoms with Gasteiger partial charge in [-0.1, -0.05) is 6.92 Å². The van der Waals surface area contributed by atoms with Gasteiger partial charge in [-0.25, -0.2) is 9.67 Å². The van der Waals surface area contributed by atoms with Crippen LogP contribution in [0.5, 0.6) is 0 Å². The molecular weight excluding hydrogens is 332 g/mol. The lowest BCUT2D eigenvalue weighted by Gasteiger charge is -2.37. The molecule has 0 spiro atoms. The predicted molar refractivity (Wildman–Crippen MR) is 99.2 cm³/mol. The summed E-state index contributed by atoms with van der Waals surface area (Å²) in [4.78, 5) is 19.5. The van der Waals surface area contributed by atoms with Crippen molar-refractivity contribution in [2.75, 3.05) is 26.8 Å². The van der Waals surface area contributed by atoms with Gasteiger partial charge in [-0.15, -0.1) is 0 Å². The van der Waals surface area contributed by atoms with Crippen LogP contribution in [0, 0.1) is 6.92 Å². The number of aliphatic hydroxyl groups is 1. The third kappa shape index (κ3) is 3.46. The first-order valence-corrected chi connectivity index (χ1v) is 9.24. The number of likely N-dealkylation sites (tertiary alicyclic amines) is 1. The van der Waals surface area contributed by atoms with Crippen LogP contribution in [0.25, 0.3) is 11.0 Å². The van der Waals surface area contributed by atoms with Gasteiger partial charge in [0.05, 0.1) is 35.4 Å². The summed E-state index contributed by atoms with van der Waals surface area (Å²) in [6.07, 6.45) is 3.73. The van der Waals surface area contributed by atoms with Crippen LogP contribution in [-0.2, 0) is 4.74 Å². The number of rotatable bonds is 5. The number of aryl methyl sites for hydroxylation is 1. The van der Waals surface area contributed by atoms with Crippen molar-refractivity contribution in [3.05, 3.63) is 23.5 Å². The van der Waals surface area contributed by atoms with Gasteiger partial charge in [-0.05, 0) is 39.2 Å². The zero-order valence-corrected chi connectivity index (χ0v) is 16.0. The summed E-state index contributed by atoms with van der Waals surface area (Å²) in [6.45, 7) is 7.43. The lowest BCUT2D eigenvalue weighted by atomic mass is 9.92. The van der Waals surface area contributed by atoms with E-state index in [0.29, 0.717) is 38.1 Å². The fourth-order valence-corrected chi connectivity index (χ4v) is 3.53. The van der Waals surface area contributed by atoms with E-state index in [1.807, 2.05) is 17.7 Å². The minimum absolute atomic E-state index is 0.0244. The average Bonchev–Trinajstić information content (AvgIpc) is 3.04. The third-order valence-corrected chi connectivity index (χ3v) is 5.33. The van der Waals surface area contributed by atoms with E-state index in [1.54, 1.807) is 18.2 Å². The summed E-state index contributed by atoms with van der Waals surface area (Å²) in [5.74, 6) is -0.0244. The van der Waals surface area contributed by atoms with E-state index < -0.39 is 5.60 Å². The Bertz CT molecular complexity index is 793. The zero-order valence-electron chi connectivity index (χ0n) is 16.0. The Morgan fingerprint density at radius 2 is 2.12 bits per heavy atom. The summed E-state index contributed by atoms with van der Waals surface area (Å²) >= 11 is 0. The van der Waals surface area contributed by atoms with Crippen LogP contribution in [0.15, 0.2) is 12.3 Å². The van der Waals surface area contributed by atoms with Crippen molar-refractivity contribution in [2.24, 2.45) is 0 Å². The Morgan fingerprint density at radius 3 is 2.73 bits per heavy atom. The third-order valence-electron chi connectivity index (χ3n) is 5.33. The standard InChI is InChI=1S/C19H28N4O3/c1-5-14(3)23-17-16(11-20-23)15(10-13(2)21-17)18(24)22-8-6-19(25,7-9-22)12-26-4/h10-11,14,25H,5-9,12H2,1-4H3. The lowest BCUT2D eigenvalue weighted by molar-refractivity contribution is -0.0662. The summed E-state index contributed by atoms with van der Waals surface area (Å²) < 4.78 is 7.00. The maximum atomic E-state index is 13.1. The molecule has 1 saturated heterocycles. The van der Waals surface area contributed by atoms with E-state index >= 15 is 0 Å². The Kier molecular flexibility index (Phi) is 5.29. The monoisotopic (exact) mass is 360 g/mol. The molecule has 1 amide bonds. The molecule has 0 bridgehead atoms. The van der Waals surface area contributed by atoms with Crippen molar-refractivity contribution in [2.45, 2.75) is 51.7 Å². The summed E-state index contributed by atoms with van der Waals surface area (Å²) in [7, 11) is 1.58. The number of pyridine rings is 1. The molecule has 26 heavy (non-hydrogen) atoms. The average molecular weight is 360 g/mol. The second-order valence-corrected chi connectivity index (χ2v) is 7.34. The van der Waals surface area contributed by atoms with Gasteiger partial charge in [-0.2, -0.15) is 5.10 Å². The molecule has 2 aromatic heterocycles. The highest BCUT2D eigenvalue weighted by atomic mass is 16.5. The maximum absolute atomic E-state index is 13.1. The van der Waals surface area contributed by atoms with E-state index in [9.17, 15) is 9.90 Å². The van der Waals surface area contributed by atoms with Gasteiger partial charge in [0.1, 0.15) is 0 Å². The van der Waals surface area contributed by atoms with Gasteiger partial charge < -0.3 is 14.7 Å². The summed E-state index contributed by atoms with van der Waals surface area (Å²) in [6, 6.07) is 2.06. The van der Waals surface area contributed by atoms with Crippen molar-refractivity contribution in [3.63, 3.8) is 0 Å². The number of piperidine rings is 1. The quantitative estimate of drug-likeness (QED) is 0.885. The second-order valence-electron chi connectivity index (χ2n) is 7.34. The number of hydrogen-bond acceptors (Lipinski definition) is 5. The molecule has 2 aromatic rings. The fraction of sp³-hybridized carbons (Fsp3) is 0.632. The molecule has 1 aliphatic heterocycles. The largest absolute Gasteiger partial charge is 0.387 e. The van der Waals surface area contributed by atoms with Crippen molar-refractivity contribution in [1.82, 2.24) is 19.7 Å². The van der Waals surface area contributed by atoms with E-state index in [-0.39, 0.29) is 11.9 Å². The van der Waals surface area contributed by atoms with Crippen molar-refractivity contribution < 1.29 is 14.6 Å². The molecule has 3 rings (SSSR count). The second kappa shape index (κ2) is 7.32. The molecule has 0 aliphatic carbocycles. The molecule has 7 nitrogen and oxygen atoms in total. The number of carbonyl (C=O) groups is 1. The van der Waals surface area contributed by atoms with E-state index in [4.69, 9.17) is 4.74 Å². The molecule has 1 atom stereocenters. The number of amides is 1. The molecule has 1 N–H and O–H groups in total. The van der Waals surface area contributed by atoms with Crippen LogP contribution < -0.4 is 0 Å². The molecule has 0 saturated carbocycles. The highest BCUT2D eigenvalue weighted by Crippen LogP contribution is 2.27. The molecule has 1 aliphatic rings. The van der Waals surface area contributed by atoms with E-state index in [0.717, 1.165) is 23.1 Å². The summed E-state index contributed by atoms with van der Waals surface area (Å²) in [5, 5.41) is 15.7. The number of carbonyl (C=O) groups excluding carboxylic acids is 1. The number of fused-ring (bicyclic) bond motifs is 1. The molecule has 0 aromatic carbocycles. The van der Waals surface area contributed by atoms with E-state index in [2.05, 4.69) is 23.9 Å². The van der Waals surface area contributed by atoms with E-state index in [1.165, 1.54) is 0 Å². The van der Waals surface area contributed by atoms with Gasteiger partial charge in [-0.3, -0.25) is 4.79 Å². The van der Waals surface area contributed by atoms with Crippen molar-refractivity contribution >= 4 is 16.9 Å². The number of aromatic nitrogens is 3. The molecule has 1 unspecified atom stereocenters.